The van der Waals surface area contributed by atoms with Crippen molar-refractivity contribution in [2.45, 2.75) is 51.2 Å². The molecule has 0 aliphatic heterocycles. The highest BCUT2D eigenvalue weighted by Gasteiger charge is 2.32. The first-order chi connectivity index (χ1) is 17.5. The predicted molar refractivity (Wildman–Crippen MR) is 150 cm³/mol. The minimum atomic E-state index is -4.06. The molecule has 0 saturated carbocycles. The van der Waals surface area contributed by atoms with E-state index in [4.69, 9.17) is 0 Å². The van der Waals surface area contributed by atoms with Crippen LogP contribution in [0.3, 0.4) is 0 Å². The molecular weight excluding hydrogens is 554 g/mol. The molecule has 0 aliphatic carbocycles. The second-order valence-electron chi connectivity index (χ2n) is 9.15. The number of nitrogens with one attached hydrogen (secondary N) is 1. The number of nitrogens with zero attached hydrogens (tertiary/aromatic N) is 2. The molecule has 0 aliphatic rings. The van der Waals surface area contributed by atoms with Crippen LogP contribution in [0.15, 0.2) is 88.2 Å². The van der Waals surface area contributed by atoms with Crippen molar-refractivity contribution < 1.29 is 18.0 Å². The predicted octanol–water partition coefficient (Wildman–Crippen LogP) is 4.89. The zero-order valence-corrected chi connectivity index (χ0v) is 23.8. The van der Waals surface area contributed by atoms with E-state index in [-0.39, 0.29) is 23.4 Å². The average Bonchev–Trinajstić information content (AvgIpc) is 2.87. The number of hydrogen-bond acceptors (Lipinski definition) is 4. The summed E-state index contributed by atoms with van der Waals surface area (Å²) < 4.78 is 29.4. The van der Waals surface area contributed by atoms with Crippen LogP contribution in [0.2, 0.25) is 0 Å². The Morgan fingerprint density at radius 1 is 0.892 bits per heavy atom. The minimum absolute atomic E-state index is 0.0773. The molecule has 7 nitrogen and oxygen atoms in total. The normalized spacial score (nSPS) is 12.2. The lowest BCUT2D eigenvalue weighted by atomic mass is 10.1. The molecule has 0 heterocycles. The summed E-state index contributed by atoms with van der Waals surface area (Å²) in [5, 5.41) is 2.85. The first kappa shape index (κ1) is 28.4. The topological polar surface area (TPSA) is 86.8 Å². The fraction of sp³-hybridized carbons (Fsp3) is 0.286. The van der Waals surface area contributed by atoms with E-state index in [1.807, 2.05) is 45.0 Å². The van der Waals surface area contributed by atoms with E-state index in [0.717, 1.165) is 19.9 Å². The highest BCUT2D eigenvalue weighted by Crippen LogP contribution is 2.25. The summed E-state index contributed by atoms with van der Waals surface area (Å²) in [5.41, 5.74) is 2.14. The molecule has 0 saturated heterocycles. The molecule has 0 fully saturated rings. The fourth-order valence-electron chi connectivity index (χ4n) is 3.73. The molecule has 196 valence electrons. The van der Waals surface area contributed by atoms with Crippen molar-refractivity contribution in [2.24, 2.45) is 0 Å². The first-order valence-corrected chi connectivity index (χ1v) is 14.2. The van der Waals surface area contributed by atoms with Crippen LogP contribution < -0.4 is 9.62 Å². The van der Waals surface area contributed by atoms with E-state index < -0.39 is 28.5 Å². The van der Waals surface area contributed by atoms with Gasteiger partial charge < -0.3 is 10.2 Å². The molecule has 1 atom stereocenters. The van der Waals surface area contributed by atoms with Gasteiger partial charge in [0.25, 0.3) is 10.0 Å². The standard InChI is InChI=1S/C28H32BrN3O4S/c1-20(2)30-28(34)22(4)31(18-23-12-14-24(29)15-13-23)27(33)19-32(25-16-10-21(3)11-17-25)37(35,36)26-8-6-5-7-9-26/h5-17,20,22H,18-19H2,1-4H3,(H,30,34)/t22-/m1/s1. The molecule has 2 amide bonds. The molecule has 3 aromatic rings. The summed E-state index contributed by atoms with van der Waals surface area (Å²) in [4.78, 5) is 28.2. The third-order valence-corrected chi connectivity index (χ3v) is 8.11. The van der Waals surface area contributed by atoms with Gasteiger partial charge in [0.1, 0.15) is 12.6 Å². The fourth-order valence-corrected chi connectivity index (χ4v) is 5.43. The lowest BCUT2D eigenvalue weighted by Crippen LogP contribution is -2.52. The number of carbonyl (C=O) groups excluding carboxylic acids is 2. The lowest BCUT2D eigenvalue weighted by Gasteiger charge is -2.32. The Balaban J connectivity index is 2.00. The van der Waals surface area contributed by atoms with E-state index in [1.54, 1.807) is 49.4 Å². The number of amides is 2. The van der Waals surface area contributed by atoms with Crippen LogP contribution in [0, 0.1) is 6.92 Å². The quantitative estimate of drug-likeness (QED) is 0.367. The second kappa shape index (κ2) is 12.4. The smallest absolute Gasteiger partial charge is 0.264 e. The van der Waals surface area contributed by atoms with Crippen molar-refractivity contribution in [1.82, 2.24) is 10.2 Å². The zero-order chi connectivity index (χ0) is 27.2. The Labute approximate surface area is 227 Å². The molecule has 3 rings (SSSR count). The van der Waals surface area contributed by atoms with Gasteiger partial charge in [-0.3, -0.25) is 13.9 Å². The molecule has 0 spiro atoms. The third-order valence-electron chi connectivity index (χ3n) is 5.80. The van der Waals surface area contributed by atoms with Gasteiger partial charge in [-0.15, -0.1) is 0 Å². The highest BCUT2D eigenvalue weighted by atomic mass is 79.9. The highest BCUT2D eigenvalue weighted by molar-refractivity contribution is 9.10. The van der Waals surface area contributed by atoms with Gasteiger partial charge in [-0.1, -0.05) is 64.0 Å². The van der Waals surface area contributed by atoms with Gasteiger partial charge >= 0.3 is 0 Å². The van der Waals surface area contributed by atoms with E-state index in [0.29, 0.717) is 5.69 Å². The number of hydrogen-bond donors (Lipinski definition) is 1. The van der Waals surface area contributed by atoms with Gasteiger partial charge in [0.15, 0.2) is 0 Å². The maximum absolute atomic E-state index is 13.8. The van der Waals surface area contributed by atoms with E-state index in [2.05, 4.69) is 21.2 Å². The van der Waals surface area contributed by atoms with Crippen LogP contribution in [-0.2, 0) is 26.2 Å². The number of anilines is 1. The molecule has 1 N–H and O–H groups in total. The van der Waals surface area contributed by atoms with E-state index in [1.165, 1.54) is 17.0 Å². The largest absolute Gasteiger partial charge is 0.352 e. The minimum Gasteiger partial charge on any atom is -0.352 e. The van der Waals surface area contributed by atoms with Gasteiger partial charge in [-0.2, -0.15) is 0 Å². The van der Waals surface area contributed by atoms with Gasteiger partial charge in [-0.25, -0.2) is 8.42 Å². The maximum Gasteiger partial charge on any atom is 0.264 e. The van der Waals surface area contributed by atoms with Gasteiger partial charge in [0, 0.05) is 17.1 Å². The van der Waals surface area contributed by atoms with Crippen LogP contribution in [-0.4, -0.2) is 43.8 Å². The Bertz CT molecular complexity index is 1310. The van der Waals surface area contributed by atoms with Crippen molar-refractivity contribution in [2.75, 3.05) is 10.8 Å². The zero-order valence-electron chi connectivity index (χ0n) is 21.4. The van der Waals surface area contributed by atoms with Crippen LogP contribution in [0.4, 0.5) is 5.69 Å². The summed E-state index contributed by atoms with van der Waals surface area (Å²) in [7, 11) is -4.06. The van der Waals surface area contributed by atoms with Crippen molar-refractivity contribution in [3.63, 3.8) is 0 Å². The number of rotatable bonds is 10. The van der Waals surface area contributed by atoms with Crippen LogP contribution in [0.25, 0.3) is 0 Å². The second-order valence-corrected chi connectivity index (χ2v) is 11.9. The number of carbonyl (C=O) groups is 2. The summed E-state index contributed by atoms with van der Waals surface area (Å²) in [6.45, 7) is 6.92. The summed E-state index contributed by atoms with van der Waals surface area (Å²) in [6, 6.07) is 21.5. The van der Waals surface area contributed by atoms with Crippen molar-refractivity contribution in [3.05, 3.63) is 94.5 Å². The van der Waals surface area contributed by atoms with Gasteiger partial charge in [-0.05, 0) is 69.7 Å². The number of benzene rings is 3. The van der Waals surface area contributed by atoms with Crippen LogP contribution >= 0.6 is 15.9 Å². The van der Waals surface area contributed by atoms with Crippen molar-refractivity contribution in [3.8, 4) is 0 Å². The Morgan fingerprint density at radius 2 is 1.49 bits per heavy atom. The molecule has 0 bridgehead atoms. The Kier molecular flexibility index (Phi) is 9.50. The van der Waals surface area contributed by atoms with Crippen LogP contribution in [0.5, 0.6) is 0 Å². The van der Waals surface area contributed by atoms with Crippen molar-refractivity contribution in [1.29, 1.82) is 0 Å². The molecule has 0 radical (unpaired) electrons. The number of sulfonamides is 1. The molecular formula is C28H32BrN3O4S. The van der Waals surface area contributed by atoms with E-state index in [9.17, 15) is 18.0 Å². The maximum atomic E-state index is 13.8. The molecule has 0 aromatic heterocycles. The lowest BCUT2D eigenvalue weighted by molar-refractivity contribution is -0.139. The summed E-state index contributed by atoms with van der Waals surface area (Å²) >= 11 is 3.41. The SMILES string of the molecule is Cc1ccc(N(CC(=O)N(Cc2ccc(Br)cc2)[C@H](C)C(=O)NC(C)C)S(=O)(=O)c2ccccc2)cc1. The number of aryl methyl sites for hydroxylation is 1. The third kappa shape index (κ3) is 7.42. The van der Waals surface area contributed by atoms with Gasteiger partial charge in [0.2, 0.25) is 11.8 Å². The molecule has 9 heteroatoms. The Morgan fingerprint density at radius 3 is 2.05 bits per heavy atom. The Hall–Kier alpha value is -3.17. The average molecular weight is 587 g/mol. The first-order valence-electron chi connectivity index (χ1n) is 12.0. The monoisotopic (exact) mass is 585 g/mol. The molecule has 3 aromatic carbocycles. The molecule has 37 heavy (non-hydrogen) atoms. The van der Waals surface area contributed by atoms with Crippen LogP contribution in [0.1, 0.15) is 31.9 Å². The number of halogens is 1. The molecule has 0 unspecified atom stereocenters. The summed E-state index contributed by atoms with van der Waals surface area (Å²) in [5.74, 6) is -0.803. The van der Waals surface area contributed by atoms with Gasteiger partial charge in [0.05, 0.1) is 10.6 Å². The summed E-state index contributed by atoms with van der Waals surface area (Å²) in [6.07, 6.45) is 0. The van der Waals surface area contributed by atoms with Crippen molar-refractivity contribution >= 4 is 43.5 Å². The van der Waals surface area contributed by atoms with E-state index >= 15 is 0 Å².